The number of likely N-dealkylation sites (tertiary alicyclic amines) is 1. The van der Waals surface area contributed by atoms with Crippen molar-refractivity contribution in [2.45, 2.75) is 39.0 Å². The molecule has 1 aliphatic heterocycles. The average Bonchev–Trinajstić information content (AvgIpc) is 3.83. The molecule has 0 aliphatic carbocycles. The van der Waals surface area contributed by atoms with Crippen LogP contribution in [0.5, 0.6) is 5.75 Å². The van der Waals surface area contributed by atoms with Crippen molar-refractivity contribution in [3.05, 3.63) is 72.9 Å². The van der Waals surface area contributed by atoms with Crippen molar-refractivity contribution in [1.29, 1.82) is 0 Å². The normalized spacial score (nSPS) is 13.5. The molecule has 0 unspecified atom stereocenters. The molecule has 7 rings (SSSR count). The maximum Gasteiger partial charge on any atom is 0.224 e. The Morgan fingerprint density at radius 1 is 1.02 bits per heavy atom. The molecule has 46 heavy (non-hydrogen) atoms. The largest absolute Gasteiger partial charge is 0.492 e. The van der Waals surface area contributed by atoms with Crippen molar-refractivity contribution < 1.29 is 13.9 Å². The number of benzene rings is 1. The number of pyridine rings is 3. The number of hydrogen-bond donors (Lipinski definition) is 3. The highest BCUT2D eigenvalue weighted by molar-refractivity contribution is 5.99. The van der Waals surface area contributed by atoms with E-state index >= 15 is 0 Å². The van der Waals surface area contributed by atoms with Gasteiger partial charge in [0.2, 0.25) is 5.91 Å². The number of aromatic amines is 2. The third kappa shape index (κ3) is 6.32. The lowest BCUT2D eigenvalue weighted by Crippen LogP contribution is -2.25. The molecular weight excluding hydrogens is 583 g/mol. The first-order valence-corrected chi connectivity index (χ1v) is 15.8. The Bertz CT molecular complexity index is 2010. The lowest BCUT2D eigenvalue weighted by Gasteiger charge is -2.15. The van der Waals surface area contributed by atoms with Crippen molar-refractivity contribution in [3.63, 3.8) is 0 Å². The molecule has 1 aromatic carbocycles. The van der Waals surface area contributed by atoms with Crippen LogP contribution >= 0.6 is 0 Å². The lowest BCUT2D eigenvalue weighted by molar-refractivity contribution is -0.116. The standard InChI is InChI=1S/C35H35FN8O2/c1-2-3-6-32(45)39-25-16-23(20-37-21-25)28-7-8-30-34(41-28)35(43-42-30)31-19-27-29(40-31)9-10-38-33(27)22-15-24(36)18-26(17-22)46-14-13-44-11-4-5-12-44/h7-10,15-21,40H,2-6,11-14H2,1H3,(H,39,45)(H,42,43). The molecule has 234 valence electrons. The first-order chi connectivity index (χ1) is 22.5. The quantitative estimate of drug-likeness (QED) is 0.143. The van der Waals surface area contributed by atoms with Gasteiger partial charge in [0, 0.05) is 53.5 Å². The number of amides is 1. The second-order valence-electron chi connectivity index (χ2n) is 11.7. The van der Waals surface area contributed by atoms with Gasteiger partial charge in [-0.15, -0.1) is 0 Å². The second-order valence-corrected chi connectivity index (χ2v) is 11.7. The van der Waals surface area contributed by atoms with Gasteiger partial charge in [0.15, 0.2) is 0 Å². The van der Waals surface area contributed by atoms with E-state index in [0.29, 0.717) is 52.6 Å². The molecule has 6 aromatic rings. The number of nitrogens with zero attached hydrogens (tertiary/aromatic N) is 5. The van der Waals surface area contributed by atoms with Crippen LogP contribution in [0.15, 0.2) is 67.1 Å². The fraction of sp³-hybridized carbons (Fsp3) is 0.286. The van der Waals surface area contributed by atoms with Crippen LogP contribution in [-0.4, -0.2) is 67.2 Å². The molecular formula is C35H35FN8O2. The van der Waals surface area contributed by atoms with Gasteiger partial charge in [-0.2, -0.15) is 5.10 Å². The summed E-state index contributed by atoms with van der Waals surface area (Å²) in [5.41, 5.74) is 7.04. The summed E-state index contributed by atoms with van der Waals surface area (Å²) < 4.78 is 20.7. The summed E-state index contributed by atoms with van der Waals surface area (Å²) in [4.78, 5) is 32.0. The number of carbonyl (C=O) groups is 1. The number of halogens is 1. The van der Waals surface area contributed by atoms with Crippen LogP contribution in [-0.2, 0) is 4.79 Å². The SMILES string of the molecule is CCCCC(=O)Nc1cncc(-c2ccc3[nH]nc(-c4cc5c(-c6cc(F)cc(OCCN7CCCC7)c6)nccc5[nH]4)c3n2)c1. The second kappa shape index (κ2) is 13.1. The molecule has 0 saturated carbocycles. The van der Waals surface area contributed by atoms with Crippen LogP contribution in [0.2, 0.25) is 0 Å². The van der Waals surface area contributed by atoms with Gasteiger partial charge in [-0.25, -0.2) is 9.37 Å². The molecule has 0 atom stereocenters. The van der Waals surface area contributed by atoms with Gasteiger partial charge in [0.25, 0.3) is 0 Å². The molecule has 0 spiro atoms. The third-order valence-electron chi connectivity index (χ3n) is 8.31. The van der Waals surface area contributed by atoms with Crippen molar-refractivity contribution in [3.8, 4) is 39.7 Å². The number of unbranched alkanes of at least 4 members (excludes halogenated alkanes) is 1. The minimum absolute atomic E-state index is 0.0338. The minimum atomic E-state index is -0.377. The van der Waals surface area contributed by atoms with E-state index in [0.717, 1.165) is 60.2 Å². The average molecular weight is 619 g/mol. The van der Waals surface area contributed by atoms with E-state index in [1.807, 2.05) is 36.4 Å². The Hall–Kier alpha value is -5.16. The number of carbonyl (C=O) groups excluding carboxylic acids is 1. The molecule has 5 aromatic heterocycles. The number of nitrogens with one attached hydrogen (secondary N) is 3. The zero-order valence-corrected chi connectivity index (χ0v) is 25.6. The molecule has 0 radical (unpaired) electrons. The number of H-pyrrole nitrogens is 2. The maximum absolute atomic E-state index is 14.8. The van der Waals surface area contributed by atoms with E-state index in [1.165, 1.54) is 25.0 Å². The van der Waals surface area contributed by atoms with Crippen molar-refractivity contribution >= 4 is 33.5 Å². The van der Waals surface area contributed by atoms with Crippen molar-refractivity contribution in [2.75, 3.05) is 31.6 Å². The molecule has 10 nitrogen and oxygen atoms in total. The number of ether oxygens (including phenoxy) is 1. The summed E-state index contributed by atoms with van der Waals surface area (Å²) >= 11 is 0. The summed E-state index contributed by atoms with van der Waals surface area (Å²) in [5, 5.41) is 11.4. The fourth-order valence-corrected chi connectivity index (χ4v) is 5.95. The van der Waals surface area contributed by atoms with Crippen LogP contribution in [0.1, 0.15) is 39.0 Å². The Kier molecular flexibility index (Phi) is 8.39. The third-order valence-corrected chi connectivity index (χ3v) is 8.31. The van der Waals surface area contributed by atoms with Gasteiger partial charge >= 0.3 is 0 Å². The Balaban J connectivity index is 1.17. The molecule has 1 saturated heterocycles. The molecule has 1 fully saturated rings. The van der Waals surface area contributed by atoms with Crippen molar-refractivity contribution in [2.24, 2.45) is 0 Å². The van der Waals surface area contributed by atoms with E-state index in [-0.39, 0.29) is 11.7 Å². The first-order valence-electron chi connectivity index (χ1n) is 15.8. The zero-order chi connectivity index (χ0) is 31.5. The summed E-state index contributed by atoms with van der Waals surface area (Å²) in [7, 11) is 0. The van der Waals surface area contributed by atoms with E-state index in [1.54, 1.807) is 18.6 Å². The fourth-order valence-electron chi connectivity index (χ4n) is 5.95. The Morgan fingerprint density at radius 2 is 1.91 bits per heavy atom. The topological polar surface area (TPSA) is 125 Å². The van der Waals surface area contributed by atoms with Gasteiger partial charge in [-0.05, 0) is 74.8 Å². The smallest absolute Gasteiger partial charge is 0.224 e. The molecule has 3 N–H and O–H groups in total. The summed E-state index contributed by atoms with van der Waals surface area (Å²) in [6.45, 7) is 5.56. The van der Waals surface area contributed by atoms with Gasteiger partial charge in [-0.3, -0.25) is 24.8 Å². The molecule has 11 heteroatoms. The van der Waals surface area contributed by atoms with Gasteiger partial charge in [0.05, 0.1) is 34.5 Å². The van der Waals surface area contributed by atoms with Crippen LogP contribution in [0.25, 0.3) is 55.8 Å². The number of hydrogen-bond acceptors (Lipinski definition) is 7. The van der Waals surface area contributed by atoms with Crippen LogP contribution < -0.4 is 10.1 Å². The monoisotopic (exact) mass is 618 g/mol. The van der Waals surface area contributed by atoms with Gasteiger partial charge in [0.1, 0.15) is 29.4 Å². The number of rotatable bonds is 11. The highest BCUT2D eigenvalue weighted by Gasteiger charge is 2.18. The van der Waals surface area contributed by atoms with Gasteiger partial charge in [-0.1, -0.05) is 13.3 Å². The Labute approximate surface area is 265 Å². The summed E-state index contributed by atoms with van der Waals surface area (Å²) in [6.07, 6.45) is 9.76. The zero-order valence-electron chi connectivity index (χ0n) is 25.6. The number of anilines is 1. The molecule has 1 amide bonds. The van der Waals surface area contributed by atoms with Crippen molar-refractivity contribution in [1.82, 2.24) is 35.0 Å². The van der Waals surface area contributed by atoms with E-state index < -0.39 is 0 Å². The van der Waals surface area contributed by atoms with E-state index in [2.05, 4.69) is 42.3 Å². The van der Waals surface area contributed by atoms with Gasteiger partial charge < -0.3 is 15.0 Å². The number of aromatic nitrogens is 6. The minimum Gasteiger partial charge on any atom is -0.492 e. The predicted molar refractivity (Wildman–Crippen MR) is 177 cm³/mol. The predicted octanol–water partition coefficient (Wildman–Crippen LogP) is 6.97. The van der Waals surface area contributed by atoms with Crippen LogP contribution in [0.3, 0.4) is 0 Å². The highest BCUT2D eigenvalue weighted by atomic mass is 19.1. The van der Waals surface area contributed by atoms with E-state index in [4.69, 9.17) is 9.72 Å². The summed E-state index contributed by atoms with van der Waals surface area (Å²) in [6, 6.07) is 14.3. The first kappa shape index (κ1) is 29.5. The van der Waals surface area contributed by atoms with E-state index in [9.17, 15) is 9.18 Å². The highest BCUT2D eigenvalue weighted by Crippen LogP contribution is 2.34. The summed E-state index contributed by atoms with van der Waals surface area (Å²) in [5.74, 6) is 0.0729. The molecule has 0 bridgehead atoms. The maximum atomic E-state index is 14.8. The number of fused-ring (bicyclic) bond motifs is 2. The lowest BCUT2D eigenvalue weighted by atomic mass is 10.1. The van der Waals surface area contributed by atoms with Crippen LogP contribution in [0, 0.1) is 5.82 Å². The molecule has 6 heterocycles. The Morgan fingerprint density at radius 3 is 2.78 bits per heavy atom. The molecule has 1 aliphatic rings. The van der Waals surface area contributed by atoms with Crippen LogP contribution in [0.4, 0.5) is 10.1 Å².